The van der Waals surface area contributed by atoms with Crippen molar-refractivity contribution in [3.05, 3.63) is 25.3 Å². The summed E-state index contributed by atoms with van der Waals surface area (Å²) in [4.78, 5) is 25.0. The number of anilines is 1. The third-order valence-electron chi connectivity index (χ3n) is 6.73. The molecule has 192 valence electrons. The fraction of sp³-hybridized carbons (Fsp3) is 0.652. The third kappa shape index (κ3) is 5.12. The first-order valence-corrected chi connectivity index (χ1v) is 14.6. The van der Waals surface area contributed by atoms with Crippen molar-refractivity contribution >= 4 is 31.4 Å². The highest BCUT2D eigenvalue weighted by molar-refractivity contribution is 6.74. The molecule has 0 spiro atoms. The predicted molar refractivity (Wildman–Crippen MR) is 131 cm³/mol. The van der Waals surface area contributed by atoms with Gasteiger partial charge in [0.2, 0.25) is 0 Å². The van der Waals surface area contributed by atoms with Gasteiger partial charge in [-0.05, 0) is 32.0 Å². The number of nitrogens with one attached hydrogen (secondary N) is 1. The Kier molecular flexibility index (Phi) is 6.79. The average molecular weight is 506 g/mol. The Morgan fingerprint density at radius 3 is 2.66 bits per heavy atom. The van der Waals surface area contributed by atoms with Crippen molar-refractivity contribution < 1.29 is 28.2 Å². The van der Waals surface area contributed by atoms with E-state index in [9.17, 15) is 4.79 Å². The fourth-order valence-corrected chi connectivity index (χ4v) is 4.94. The van der Waals surface area contributed by atoms with E-state index in [-0.39, 0.29) is 35.8 Å². The van der Waals surface area contributed by atoms with Gasteiger partial charge in [0.15, 0.2) is 37.3 Å². The summed E-state index contributed by atoms with van der Waals surface area (Å²) < 4.78 is 32.2. The second-order valence-electron chi connectivity index (χ2n) is 10.8. The Morgan fingerprint density at radius 1 is 1.26 bits per heavy atom. The molecule has 11 nitrogen and oxygen atoms in total. The lowest BCUT2D eigenvalue weighted by Gasteiger charge is -2.37. The summed E-state index contributed by atoms with van der Waals surface area (Å²) in [6.07, 6.45) is 2.20. The standard InChI is InChI=1S/C23H35N5O6Si/c1-9-10-30-21(29)27-18-15-19(25-12-24-18)28(13-26-15)20-17-16(33-23(5,6)34-17)14(32-20)11-31-35(7,8)22(2,3)4/h9,12-14,16-17,20H,1,10-11H2,2-8H3,(H,24,25,27,29)/t14-,16-,17-,20-/m1/s1. The zero-order valence-corrected chi connectivity index (χ0v) is 22.4. The molecule has 2 aromatic rings. The summed E-state index contributed by atoms with van der Waals surface area (Å²) >= 11 is 0. The second kappa shape index (κ2) is 9.25. The first-order chi connectivity index (χ1) is 16.3. The van der Waals surface area contributed by atoms with Crippen LogP contribution in [0.4, 0.5) is 10.6 Å². The van der Waals surface area contributed by atoms with Crippen molar-refractivity contribution in [3.8, 4) is 0 Å². The van der Waals surface area contributed by atoms with Gasteiger partial charge >= 0.3 is 6.09 Å². The van der Waals surface area contributed by atoms with Crippen LogP contribution in [0, 0.1) is 0 Å². The van der Waals surface area contributed by atoms with Crippen molar-refractivity contribution in [1.82, 2.24) is 19.5 Å². The van der Waals surface area contributed by atoms with Crippen molar-refractivity contribution in [2.24, 2.45) is 0 Å². The highest BCUT2D eigenvalue weighted by Gasteiger charge is 2.56. The van der Waals surface area contributed by atoms with Gasteiger partial charge < -0.3 is 23.4 Å². The van der Waals surface area contributed by atoms with Crippen LogP contribution in [0.1, 0.15) is 40.8 Å². The molecule has 35 heavy (non-hydrogen) atoms. The van der Waals surface area contributed by atoms with Crippen LogP contribution in [0.25, 0.3) is 11.2 Å². The van der Waals surface area contributed by atoms with Gasteiger partial charge in [-0.25, -0.2) is 19.7 Å². The van der Waals surface area contributed by atoms with Crippen molar-refractivity contribution in [2.45, 2.75) is 83.1 Å². The van der Waals surface area contributed by atoms with E-state index in [1.54, 1.807) is 10.9 Å². The van der Waals surface area contributed by atoms with Crippen LogP contribution >= 0.6 is 0 Å². The van der Waals surface area contributed by atoms with Gasteiger partial charge in [0.05, 0.1) is 12.9 Å². The molecule has 0 aliphatic carbocycles. The first-order valence-electron chi connectivity index (χ1n) is 11.7. The van der Waals surface area contributed by atoms with E-state index in [1.807, 2.05) is 13.8 Å². The topological polar surface area (TPSA) is 119 Å². The predicted octanol–water partition coefficient (Wildman–Crippen LogP) is 4.00. The van der Waals surface area contributed by atoms with E-state index < -0.39 is 26.4 Å². The van der Waals surface area contributed by atoms with Crippen LogP contribution in [0.5, 0.6) is 0 Å². The van der Waals surface area contributed by atoms with E-state index in [1.165, 1.54) is 12.4 Å². The Bertz CT molecular complexity index is 1100. The summed E-state index contributed by atoms with van der Waals surface area (Å²) in [6, 6.07) is 0. The molecular weight excluding hydrogens is 470 g/mol. The van der Waals surface area contributed by atoms with Crippen LogP contribution in [0.2, 0.25) is 18.1 Å². The molecule has 12 heteroatoms. The molecule has 4 heterocycles. The maximum absolute atomic E-state index is 12.0. The molecule has 0 bridgehead atoms. The quantitative estimate of drug-likeness (QED) is 0.440. The van der Waals surface area contributed by atoms with Crippen LogP contribution in [0.3, 0.4) is 0 Å². The van der Waals surface area contributed by atoms with E-state index in [2.05, 4.69) is 60.7 Å². The minimum absolute atomic E-state index is 0.0738. The lowest BCUT2D eigenvalue weighted by molar-refractivity contribution is -0.199. The van der Waals surface area contributed by atoms with Crippen molar-refractivity contribution in [3.63, 3.8) is 0 Å². The maximum Gasteiger partial charge on any atom is 0.413 e. The molecule has 2 fully saturated rings. The summed E-state index contributed by atoms with van der Waals surface area (Å²) in [5, 5.41) is 2.67. The number of amides is 1. The summed E-state index contributed by atoms with van der Waals surface area (Å²) in [6.45, 7) is 18.8. The first kappa shape index (κ1) is 25.7. The molecule has 0 saturated carbocycles. The van der Waals surface area contributed by atoms with Gasteiger partial charge in [-0.2, -0.15) is 0 Å². The van der Waals surface area contributed by atoms with Crippen LogP contribution in [-0.4, -0.2) is 71.2 Å². The normalized spacial score (nSPS) is 26.0. The molecule has 0 unspecified atom stereocenters. The number of fused-ring (bicyclic) bond motifs is 2. The minimum Gasteiger partial charge on any atom is -0.445 e. The molecule has 2 aromatic heterocycles. The maximum atomic E-state index is 12.0. The van der Waals surface area contributed by atoms with Crippen molar-refractivity contribution in [2.75, 3.05) is 18.5 Å². The number of carbonyl (C=O) groups excluding carboxylic acids is 1. The fourth-order valence-electron chi connectivity index (χ4n) is 3.92. The van der Waals surface area contributed by atoms with E-state index in [0.29, 0.717) is 17.8 Å². The molecule has 0 aromatic carbocycles. The van der Waals surface area contributed by atoms with Crippen LogP contribution in [0.15, 0.2) is 25.3 Å². The number of ether oxygens (including phenoxy) is 4. The Morgan fingerprint density at radius 2 is 1.97 bits per heavy atom. The number of imidazole rings is 1. The van der Waals surface area contributed by atoms with Gasteiger partial charge in [0.1, 0.15) is 31.2 Å². The Balaban J connectivity index is 1.59. The molecule has 4 atom stereocenters. The minimum atomic E-state index is -1.99. The molecule has 0 radical (unpaired) electrons. The average Bonchev–Trinajstić information content (AvgIpc) is 3.41. The molecule has 2 saturated heterocycles. The molecule has 1 amide bonds. The number of carbonyl (C=O) groups is 1. The number of rotatable bonds is 7. The Hall–Kier alpha value is -2.38. The van der Waals surface area contributed by atoms with Gasteiger partial charge in [-0.1, -0.05) is 33.4 Å². The van der Waals surface area contributed by atoms with E-state index in [4.69, 9.17) is 23.4 Å². The molecule has 2 aliphatic rings. The number of hydrogen-bond acceptors (Lipinski definition) is 9. The lowest BCUT2D eigenvalue weighted by Crippen LogP contribution is -2.44. The molecule has 1 N–H and O–H groups in total. The SMILES string of the molecule is C=CCOC(=O)Nc1ncnc2c1ncn2[C@@H]1O[C@H](CO[Si](C)(C)C(C)(C)C)[C@H]2OC(C)(C)O[C@H]21. The van der Waals surface area contributed by atoms with E-state index in [0.717, 1.165) is 0 Å². The highest BCUT2D eigenvalue weighted by atomic mass is 28.4. The lowest BCUT2D eigenvalue weighted by atomic mass is 10.1. The smallest absolute Gasteiger partial charge is 0.413 e. The summed E-state index contributed by atoms with van der Waals surface area (Å²) in [5.74, 6) is -0.529. The zero-order chi connectivity index (χ0) is 25.6. The van der Waals surface area contributed by atoms with Gasteiger partial charge in [-0.15, -0.1) is 0 Å². The molecular formula is C23H35N5O6Si. The monoisotopic (exact) mass is 505 g/mol. The molecule has 4 rings (SSSR count). The third-order valence-corrected chi connectivity index (χ3v) is 11.2. The van der Waals surface area contributed by atoms with Gasteiger partial charge in [0, 0.05) is 0 Å². The largest absolute Gasteiger partial charge is 0.445 e. The highest BCUT2D eigenvalue weighted by Crippen LogP contribution is 2.45. The Labute approximate surface area is 206 Å². The van der Waals surface area contributed by atoms with Crippen LogP contribution < -0.4 is 5.32 Å². The molecule has 2 aliphatic heterocycles. The summed E-state index contributed by atoms with van der Waals surface area (Å²) in [7, 11) is -1.99. The summed E-state index contributed by atoms with van der Waals surface area (Å²) in [5.41, 5.74) is 0.893. The van der Waals surface area contributed by atoms with Crippen molar-refractivity contribution in [1.29, 1.82) is 0 Å². The number of aromatic nitrogens is 4. The number of nitrogens with zero attached hydrogens (tertiary/aromatic N) is 4. The van der Waals surface area contributed by atoms with Crippen LogP contribution in [-0.2, 0) is 23.4 Å². The second-order valence-corrected chi connectivity index (χ2v) is 15.6. The van der Waals surface area contributed by atoms with E-state index >= 15 is 0 Å². The van der Waals surface area contributed by atoms with Gasteiger partial charge in [0.25, 0.3) is 0 Å². The van der Waals surface area contributed by atoms with Gasteiger partial charge in [-0.3, -0.25) is 9.88 Å². The zero-order valence-electron chi connectivity index (χ0n) is 21.4. The number of hydrogen-bond donors (Lipinski definition) is 1.